The first-order chi connectivity index (χ1) is 7.08. The minimum atomic E-state index is -0.390. The maximum absolute atomic E-state index is 13.6. The fourth-order valence-electron chi connectivity index (χ4n) is 1.43. The molecule has 0 fully saturated rings. The molecule has 1 aromatic carbocycles. The van der Waals surface area contributed by atoms with E-state index in [0.29, 0.717) is 16.5 Å². The quantitative estimate of drug-likeness (QED) is 0.749. The number of hydrogen-bond donors (Lipinski definition) is 1. The Morgan fingerprint density at radius 1 is 1.40 bits per heavy atom. The van der Waals surface area contributed by atoms with Gasteiger partial charge in [-0.2, -0.15) is 0 Å². The molecule has 4 heteroatoms. The topological polar surface area (TPSA) is 38.9 Å². The Morgan fingerprint density at radius 2 is 2.13 bits per heavy atom. The van der Waals surface area contributed by atoms with Crippen LogP contribution in [0.1, 0.15) is 11.3 Å². The number of aryl methyl sites for hydroxylation is 1. The second kappa shape index (κ2) is 3.55. The zero-order chi connectivity index (χ0) is 11.0. The van der Waals surface area contributed by atoms with Crippen LogP contribution >= 0.6 is 12.2 Å². The van der Waals surface area contributed by atoms with Crippen LogP contribution < -0.4 is 5.73 Å². The standard InChI is InChI=1S/C11H9FN2S/c1-6-2-3-7-4-8(11(13)15)5-9(12)10(7)14-6/h2-5H,1H3,(H2,13,15). The van der Waals surface area contributed by atoms with Gasteiger partial charge in [-0.05, 0) is 25.1 Å². The Kier molecular flexibility index (Phi) is 2.36. The van der Waals surface area contributed by atoms with Crippen molar-refractivity contribution in [3.8, 4) is 0 Å². The second-order valence-corrected chi connectivity index (χ2v) is 3.79. The highest BCUT2D eigenvalue weighted by Crippen LogP contribution is 2.18. The lowest BCUT2D eigenvalue weighted by atomic mass is 10.1. The van der Waals surface area contributed by atoms with Gasteiger partial charge in [0.15, 0.2) is 0 Å². The number of thiocarbonyl (C=S) groups is 1. The number of nitrogens with zero attached hydrogens (tertiary/aromatic N) is 1. The molecule has 0 bridgehead atoms. The largest absolute Gasteiger partial charge is 0.389 e. The number of aromatic nitrogens is 1. The van der Waals surface area contributed by atoms with Gasteiger partial charge >= 0.3 is 0 Å². The minimum Gasteiger partial charge on any atom is -0.389 e. The summed E-state index contributed by atoms with van der Waals surface area (Å²) in [6.07, 6.45) is 0. The molecule has 0 saturated carbocycles. The van der Waals surface area contributed by atoms with Crippen LogP contribution in [-0.2, 0) is 0 Å². The van der Waals surface area contributed by atoms with Crippen molar-refractivity contribution in [3.05, 3.63) is 41.3 Å². The predicted octanol–water partition coefficient (Wildman–Crippen LogP) is 2.32. The summed E-state index contributed by atoms with van der Waals surface area (Å²) in [7, 11) is 0. The molecule has 1 aromatic heterocycles. The van der Waals surface area contributed by atoms with Crippen LogP contribution in [0.3, 0.4) is 0 Å². The van der Waals surface area contributed by atoms with E-state index in [-0.39, 0.29) is 10.8 Å². The molecule has 0 aliphatic carbocycles. The van der Waals surface area contributed by atoms with Gasteiger partial charge in [0, 0.05) is 16.6 Å². The van der Waals surface area contributed by atoms with E-state index >= 15 is 0 Å². The molecule has 2 aromatic rings. The fourth-order valence-corrected chi connectivity index (χ4v) is 1.55. The highest BCUT2D eigenvalue weighted by atomic mass is 32.1. The van der Waals surface area contributed by atoms with E-state index in [1.165, 1.54) is 6.07 Å². The van der Waals surface area contributed by atoms with Gasteiger partial charge in [-0.3, -0.25) is 4.98 Å². The summed E-state index contributed by atoms with van der Waals surface area (Å²) < 4.78 is 13.6. The van der Waals surface area contributed by atoms with Gasteiger partial charge in [-0.1, -0.05) is 18.3 Å². The van der Waals surface area contributed by atoms with E-state index in [0.717, 1.165) is 5.69 Å². The van der Waals surface area contributed by atoms with Crippen LogP contribution in [0.4, 0.5) is 4.39 Å². The summed E-state index contributed by atoms with van der Waals surface area (Å²) in [5, 5.41) is 0.711. The van der Waals surface area contributed by atoms with Gasteiger partial charge in [-0.25, -0.2) is 4.39 Å². The van der Waals surface area contributed by atoms with Crippen LogP contribution in [0.5, 0.6) is 0 Å². The first kappa shape index (κ1) is 9.98. The van der Waals surface area contributed by atoms with Crippen molar-refractivity contribution < 1.29 is 4.39 Å². The molecule has 2 N–H and O–H groups in total. The lowest BCUT2D eigenvalue weighted by Gasteiger charge is -2.03. The zero-order valence-corrected chi connectivity index (χ0v) is 8.94. The first-order valence-electron chi connectivity index (χ1n) is 4.44. The van der Waals surface area contributed by atoms with Gasteiger partial charge in [0.1, 0.15) is 16.3 Å². The smallest absolute Gasteiger partial charge is 0.150 e. The van der Waals surface area contributed by atoms with Crippen molar-refractivity contribution in [2.45, 2.75) is 6.92 Å². The van der Waals surface area contributed by atoms with E-state index in [4.69, 9.17) is 18.0 Å². The van der Waals surface area contributed by atoms with Crippen LogP contribution in [0.15, 0.2) is 24.3 Å². The molecule has 15 heavy (non-hydrogen) atoms. The summed E-state index contributed by atoms with van der Waals surface area (Å²) in [6.45, 7) is 1.82. The molecular weight excluding hydrogens is 211 g/mol. The summed E-state index contributed by atoms with van der Waals surface area (Å²) in [5.41, 5.74) is 7.11. The Bertz CT molecular complexity index is 552. The third kappa shape index (κ3) is 1.80. The molecule has 0 unspecified atom stereocenters. The Hall–Kier alpha value is -1.55. The highest BCUT2D eigenvalue weighted by Gasteiger charge is 2.06. The molecule has 0 amide bonds. The summed E-state index contributed by atoms with van der Waals surface area (Å²) in [6, 6.07) is 6.69. The van der Waals surface area contributed by atoms with Crippen LogP contribution in [0.2, 0.25) is 0 Å². The lowest BCUT2D eigenvalue weighted by Crippen LogP contribution is -2.09. The van der Waals surface area contributed by atoms with E-state index in [9.17, 15) is 4.39 Å². The van der Waals surface area contributed by atoms with Gasteiger partial charge in [0.05, 0.1) is 0 Å². The molecule has 0 aliphatic heterocycles. The maximum atomic E-state index is 13.6. The number of fused-ring (bicyclic) bond motifs is 1. The van der Waals surface area contributed by atoms with Crippen LogP contribution in [-0.4, -0.2) is 9.97 Å². The Morgan fingerprint density at radius 3 is 2.80 bits per heavy atom. The number of benzene rings is 1. The van der Waals surface area contributed by atoms with E-state index in [2.05, 4.69) is 4.98 Å². The number of nitrogens with two attached hydrogens (primary N) is 1. The molecule has 0 saturated heterocycles. The third-order valence-corrected chi connectivity index (χ3v) is 2.41. The monoisotopic (exact) mass is 220 g/mol. The second-order valence-electron chi connectivity index (χ2n) is 3.35. The summed E-state index contributed by atoms with van der Waals surface area (Å²) in [4.78, 5) is 4.31. The van der Waals surface area contributed by atoms with E-state index < -0.39 is 0 Å². The van der Waals surface area contributed by atoms with Crippen LogP contribution in [0.25, 0.3) is 10.9 Å². The van der Waals surface area contributed by atoms with Crippen molar-refractivity contribution >= 4 is 28.1 Å². The summed E-state index contributed by atoms with van der Waals surface area (Å²) in [5.74, 6) is -0.390. The summed E-state index contributed by atoms with van der Waals surface area (Å²) >= 11 is 4.80. The average molecular weight is 220 g/mol. The minimum absolute atomic E-state index is 0.191. The first-order valence-corrected chi connectivity index (χ1v) is 4.85. The van der Waals surface area contributed by atoms with Crippen molar-refractivity contribution in [2.75, 3.05) is 0 Å². The highest BCUT2D eigenvalue weighted by molar-refractivity contribution is 7.80. The molecule has 2 rings (SSSR count). The molecule has 0 atom stereocenters. The average Bonchev–Trinajstić information content (AvgIpc) is 2.18. The van der Waals surface area contributed by atoms with E-state index in [1.54, 1.807) is 6.07 Å². The van der Waals surface area contributed by atoms with Gasteiger partial charge in [-0.15, -0.1) is 0 Å². The van der Waals surface area contributed by atoms with Crippen molar-refractivity contribution in [2.24, 2.45) is 5.73 Å². The molecule has 0 aliphatic rings. The third-order valence-electron chi connectivity index (χ3n) is 2.17. The molecular formula is C11H9FN2S. The number of hydrogen-bond acceptors (Lipinski definition) is 2. The predicted molar refractivity (Wildman–Crippen MR) is 62.3 cm³/mol. The van der Waals surface area contributed by atoms with Crippen molar-refractivity contribution in [1.82, 2.24) is 4.98 Å². The molecule has 1 heterocycles. The molecule has 0 spiro atoms. The molecule has 76 valence electrons. The van der Waals surface area contributed by atoms with Crippen molar-refractivity contribution in [3.63, 3.8) is 0 Å². The SMILES string of the molecule is Cc1ccc2cc(C(N)=S)cc(F)c2n1. The zero-order valence-electron chi connectivity index (χ0n) is 8.12. The molecule has 0 radical (unpaired) electrons. The van der Waals surface area contributed by atoms with Gasteiger partial charge < -0.3 is 5.73 Å². The number of pyridine rings is 1. The maximum Gasteiger partial charge on any atom is 0.150 e. The van der Waals surface area contributed by atoms with E-state index in [1.807, 2.05) is 19.1 Å². The molecule has 2 nitrogen and oxygen atoms in total. The van der Waals surface area contributed by atoms with Gasteiger partial charge in [0.25, 0.3) is 0 Å². The normalized spacial score (nSPS) is 10.5. The number of halogens is 1. The number of rotatable bonds is 1. The van der Waals surface area contributed by atoms with Crippen LogP contribution in [0, 0.1) is 12.7 Å². The lowest BCUT2D eigenvalue weighted by molar-refractivity contribution is 0.636. The fraction of sp³-hybridized carbons (Fsp3) is 0.0909. The Balaban J connectivity index is 2.78. The van der Waals surface area contributed by atoms with Gasteiger partial charge in [0.2, 0.25) is 0 Å². The Labute approximate surface area is 91.9 Å². The van der Waals surface area contributed by atoms with Crippen molar-refractivity contribution in [1.29, 1.82) is 0 Å².